The molecule has 4 aliphatic rings. The van der Waals surface area contributed by atoms with Crippen molar-refractivity contribution in [3.63, 3.8) is 0 Å². The standard InChI is InChI=1S/C22H32F2O3/c1-13(25)27-15-6-9-20(2)14(12-15)4-5-16-17(20)7-10-21(3)18(16)8-11-22(21,26)19(23)24/h4,15-19,26H,5-12H2,1-3H3/t15-,16+,17-,18-,20-,21-,22?/m0/s1. The third kappa shape index (κ3) is 2.63. The summed E-state index contributed by atoms with van der Waals surface area (Å²) >= 11 is 0. The van der Waals surface area contributed by atoms with E-state index in [9.17, 15) is 18.7 Å². The molecule has 0 heterocycles. The molecule has 0 aliphatic heterocycles. The van der Waals surface area contributed by atoms with Crippen molar-refractivity contribution in [2.75, 3.05) is 0 Å². The highest BCUT2D eigenvalue weighted by molar-refractivity contribution is 5.66. The highest BCUT2D eigenvalue weighted by atomic mass is 19.3. The molecule has 0 saturated heterocycles. The number of halogens is 2. The third-order valence-electron chi connectivity index (χ3n) is 8.97. The van der Waals surface area contributed by atoms with Gasteiger partial charge in [-0.05, 0) is 68.1 Å². The number of hydrogen-bond acceptors (Lipinski definition) is 3. The smallest absolute Gasteiger partial charge is 0.302 e. The molecule has 4 aliphatic carbocycles. The molecule has 27 heavy (non-hydrogen) atoms. The van der Waals surface area contributed by atoms with Gasteiger partial charge in [-0.3, -0.25) is 4.79 Å². The highest BCUT2D eigenvalue weighted by Crippen LogP contribution is 2.68. The van der Waals surface area contributed by atoms with Crippen LogP contribution in [-0.2, 0) is 9.53 Å². The molecule has 3 nitrogen and oxygen atoms in total. The second-order valence-electron chi connectivity index (χ2n) is 9.95. The number of fused-ring (bicyclic) bond motifs is 5. The van der Waals surface area contributed by atoms with Crippen molar-refractivity contribution in [3.8, 4) is 0 Å². The minimum atomic E-state index is -2.67. The lowest BCUT2D eigenvalue weighted by Gasteiger charge is -2.58. The monoisotopic (exact) mass is 382 g/mol. The maximum Gasteiger partial charge on any atom is 0.302 e. The van der Waals surface area contributed by atoms with Crippen LogP contribution in [0.1, 0.15) is 72.1 Å². The van der Waals surface area contributed by atoms with E-state index < -0.39 is 17.4 Å². The van der Waals surface area contributed by atoms with E-state index in [4.69, 9.17) is 4.74 Å². The van der Waals surface area contributed by atoms with Crippen molar-refractivity contribution in [2.24, 2.45) is 28.6 Å². The van der Waals surface area contributed by atoms with Crippen LogP contribution in [0.5, 0.6) is 0 Å². The summed E-state index contributed by atoms with van der Waals surface area (Å²) in [5, 5.41) is 10.8. The van der Waals surface area contributed by atoms with Gasteiger partial charge in [-0.1, -0.05) is 25.5 Å². The Bertz CT molecular complexity index is 662. The lowest BCUT2D eigenvalue weighted by atomic mass is 9.47. The SMILES string of the molecule is CC(=O)O[C@H]1CC[C@@]2(C)C(=CC[C@@H]3[C@@H]2CC[C@@]2(C)[C@H]3CCC2(O)C(F)F)C1. The van der Waals surface area contributed by atoms with Crippen molar-refractivity contribution >= 4 is 5.97 Å². The van der Waals surface area contributed by atoms with E-state index in [0.717, 1.165) is 32.1 Å². The Morgan fingerprint density at radius 1 is 1.19 bits per heavy atom. The van der Waals surface area contributed by atoms with Crippen LogP contribution in [0.3, 0.4) is 0 Å². The fourth-order valence-corrected chi connectivity index (χ4v) is 7.37. The van der Waals surface area contributed by atoms with Crippen molar-refractivity contribution in [3.05, 3.63) is 11.6 Å². The first-order chi connectivity index (χ1) is 12.6. The van der Waals surface area contributed by atoms with E-state index in [1.54, 1.807) is 0 Å². The number of allylic oxidation sites excluding steroid dienone is 1. The molecule has 152 valence electrons. The lowest BCUT2D eigenvalue weighted by molar-refractivity contribution is -0.187. The average Bonchev–Trinajstić information content (AvgIpc) is 2.87. The molecule has 5 heteroatoms. The lowest BCUT2D eigenvalue weighted by Crippen LogP contribution is -2.57. The summed E-state index contributed by atoms with van der Waals surface area (Å²) in [7, 11) is 0. The molecule has 3 fully saturated rings. The number of ether oxygens (including phenoxy) is 1. The van der Waals surface area contributed by atoms with Crippen LogP contribution >= 0.6 is 0 Å². The molecule has 0 bridgehead atoms. The molecule has 0 aromatic carbocycles. The topological polar surface area (TPSA) is 46.5 Å². The molecule has 1 unspecified atom stereocenters. The molecule has 0 amide bonds. The summed E-state index contributed by atoms with van der Waals surface area (Å²) < 4.78 is 33.0. The number of alkyl halides is 2. The predicted octanol–water partition coefficient (Wildman–Crippen LogP) is 4.88. The number of carbonyl (C=O) groups excluding carboxylic acids is 1. The molecule has 3 saturated carbocycles. The van der Waals surface area contributed by atoms with Crippen molar-refractivity contribution in [1.29, 1.82) is 0 Å². The Morgan fingerprint density at radius 3 is 2.56 bits per heavy atom. The summed E-state index contributed by atoms with van der Waals surface area (Å²) in [4.78, 5) is 11.3. The van der Waals surface area contributed by atoms with Crippen LogP contribution in [0.4, 0.5) is 8.78 Å². The largest absolute Gasteiger partial charge is 0.462 e. The maximum absolute atomic E-state index is 13.8. The molecule has 7 atom stereocenters. The Morgan fingerprint density at radius 2 is 1.89 bits per heavy atom. The number of aliphatic hydroxyl groups is 1. The molecule has 0 radical (unpaired) electrons. The molecule has 0 spiro atoms. The Kier molecular flexibility index (Phi) is 4.49. The normalized spacial score (nSPS) is 49.1. The van der Waals surface area contributed by atoms with Gasteiger partial charge >= 0.3 is 5.97 Å². The number of esters is 1. The quantitative estimate of drug-likeness (QED) is 0.547. The Balaban J connectivity index is 1.60. The fourth-order valence-electron chi connectivity index (χ4n) is 7.37. The molecule has 0 aromatic rings. The average molecular weight is 382 g/mol. The third-order valence-corrected chi connectivity index (χ3v) is 8.97. The first-order valence-electron chi connectivity index (χ1n) is 10.5. The zero-order valence-electron chi connectivity index (χ0n) is 16.6. The van der Waals surface area contributed by atoms with Gasteiger partial charge in [0.15, 0.2) is 0 Å². The maximum atomic E-state index is 13.8. The second kappa shape index (κ2) is 6.27. The van der Waals surface area contributed by atoms with E-state index in [0.29, 0.717) is 24.7 Å². The molecule has 1 N–H and O–H groups in total. The Labute approximate surface area is 160 Å². The van der Waals surface area contributed by atoms with Gasteiger partial charge in [0.05, 0.1) is 0 Å². The summed E-state index contributed by atoms with van der Waals surface area (Å²) in [6, 6.07) is 0. The number of hydrogen-bond donors (Lipinski definition) is 1. The van der Waals surface area contributed by atoms with Crippen molar-refractivity contribution in [2.45, 2.75) is 90.3 Å². The van der Waals surface area contributed by atoms with Gasteiger partial charge in [0, 0.05) is 18.8 Å². The zero-order valence-corrected chi connectivity index (χ0v) is 16.6. The summed E-state index contributed by atoms with van der Waals surface area (Å²) in [5.74, 6) is 0.795. The molecular weight excluding hydrogens is 350 g/mol. The van der Waals surface area contributed by atoms with Crippen LogP contribution in [0, 0.1) is 28.6 Å². The van der Waals surface area contributed by atoms with E-state index >= 15 is 0 Å². The van der Waals surface area contributed by atoms with Gasteiger partial charge in [-0.15, -0.1) is 0 Å². The van der Waals surface area contributed by atoms with E-state index in [-0.39, 0.29) is 29.8 Å². The molecule has 4 rings (SSSR count). The minimum Gasteiger partial charge on any atom is -0.462 e. The van der Waals surface area contributed by atoms with Gasteiger partial charge in [-0.25, -0.2) is 8.78 Å². The molecular formula is C22H32F2O3. The van der Waals surface area contributed by atoms with Crippen LogP contribution in [0.25, 0.3) is 0 Å². The van der Waals surface area contributed by atoms with Crippen LogP contribution < -0.4 is 0 Å². The summed E-state index contributed by atoms with van der Waals surface area (Å²) in [6.45, 7) is 5.70. The fraction of sp³-hybridized carbons (Fsp3) is 0.864. The molecule has 0 aromatic heterocycles. The Hall–Kier alpha value is -0.970. The van der Waals surface area contributed by atoms with Crippen LogP contribution in [-0.4, -0.2) is 29.2 Å². The van der Waals surface area contributed by atoms with Crippen molar-refractivity contribution < 1.29 is 23.4 Å². The van der Waals surface area contributed by atoms with Gasteiger partial charge in [0.1, 0.15) is 11.7 Å². The highest BCUT2D eigenvalue weighted by Gasteiger charge is 2.66. The first-order valence-corrected chi connectivity index (χ1v) is 10.5. The van der Waals surface area contributed by atoms with Gasteiger partial charge in [0.25, 0.3) is 6.43 Å². The van der Waals surface area contributed by atoms with Gasteiger partial charge < -0.3 is 9.84 Å². The summed E-state index contributed by atoms with van der Waals surface area (Å²) in [5.41, 5.74) is -1.04. The van der Waals surface area contributed by atoms with Crippen LogP contribution in [0.2, 0.25) is 0 Å². The predicted molar refractivity (Wildman–Crippen MR) is 98.2 cm³/mol. The van der Waals surface area contributed by atoms with Gasteiger partial charge in [0.2, 0.25) is 0 Å². The first kappa shape index (κ1) is 19.4. The van der Waals surface area contributed by atoms with E-state index in [1.165, 1.54) is 12.5 Å². The van der Waals surface area contributed by atoms with Gasteiger partial charge in [-0.2, -0.15) is 0 Å². The van der Waals surface area contributed by atoms with E-state index in [1.807, 2.05) is 6.92 Å². The number of rotatable bonds is 2. The van der Waals surface area contributed by atoms with Crippen molar-refractivity contribution in [1.82, 2.24) is 0 Å². The number of carbonyl (C=O) groups is 1. The van der Waals surface area contributed by atoms with Crippen LogP contribution in [0.15, 0.2) is 11.6 Å². The van der Waals surface area contributed by atoms with E-state index in [2.05, 4.69) is 13.0 Å². The second-order valence-corrected chi connectivity index (χ2v) is 9.95. The zero-order chi connectivity index (χ0) is 19.6. The summed E-state index contributed by atoms with van der Waals surface area (Å²) in [6.07, 6.45) is 5.68. The minimum absolute atomic E-state index is 0.0253.